The number of benzene rings is 2. The largest absolute Gasteiger partial charge is 0.495 e. The molecule has 2 heterocycles. The van der Waals surface area contributed by atoms with Gasteiger partial charge in [0.2, 0.25) is 10.0 Å². The summed E-state index contributed by atoms with van der Waals surface area (Å²) in [6, 6.07) is 15.7. The molecule has 0 saturated carbocycles. The van der Waals surface area contributed by atoms with Gasteiger partial charge < -0.3 is 14.6 Å². The van der Waals surface area contributed by atoms with Crippen molar-refractivity contribution in [3.8, 4) is 23.3 Å². The molecule has 2 aromatic carbocycles. The minimum Gasteiger partial charge on any atom is -0.495 e. The average molecular weight is 550 g/mol. The van der Waals surface area contributed by atoms with Crippen LogP contribution in [0, 0.1) is 17.8 Å². The monoisotopic (exact) mass is 549 g/mol. The number of likely N-dealkylation sites (N-methyl/N-ethyl adjacent to an activating group) is 1. The molecule has 1 aliphatic heterocycles. The Morgan fingerprint density at radius 1 is 1.18 bits per heavy atom. The van der Waals surface area contributed by atoms with Crippen molar-refractivity contribution in [2.24, 2.45) is 5.92 Å². The molecular formula is C30H35N3O5S. The third kappa shape index (κ3) is 6.78. The molecule has 1 aliphatic rings. The maximum absolute atomic E-state index is 13.7. The minimum atomic E-state index is -3.92. The van der Waals surface area contributed by atoms with E-state index in [1.54, 1.807) is 44.6 Å². The van der Waals surface area contributed by atoms with E-state index in [2.05, 4.69) is 21.7 Å². The first-order valence-corrected chi connectivity index (χ1v) is 14.3. The SMILES string of the molecule is COc1ccccc1C#Cc1ccc2c(c1)O[C@@H](CN(C)Cc1ccncc1)[C@@H](C)CN([C@H](C)CO)S2(=O)=O. The summed E-state index contributed by atoms with van der Waals surface area (Å²) < 4.78 is 40.7. The lowest BCUT2D eigenvalue weighted by molar-refractivity contribution is 0.0733. The van der Waals surface area contributed by atoms with E-state index in [0.29, 0.717) is 24.4 Å². The summed E-state index contributed by atoms with van der Waals surface area (Å²) in [5.74, 6) is 7.00. The summed E-state index contributed by atoms with van der Waals surface area (Å²) in [6.45, 7) is 4.91. The average Bonchev–Trinajstić information content (AvgIpc) is 2.94. The Balaban J connectivity index is 1.71. The number of nitrogens with zero attached hydrogens (tertiary/aromatic N) is 3. The molecule has 0 saturated heterocycles. The molecule has 3 atom stereocenters. The summed E-state index contributed by atoms with van der Waals surface area (Å²) >= 11 is 0. The molecule has 0 bridgehead atoms. The van der Waals surface area contributed by atoms with Gasteiger partial charge in [0.15, 0.2) is 0 Å². The zero-order valence-electron chi connectivity index (χ0n) is 22.7. The van der Waals surface area contributed by atoms with Gasteiger partial charge in [-0.15, -0.1) is 0 Å². The van der Waals surface area contributed by atoms with Gasteiger partial charge in [0, 0.05) is 49.6 Å². The molecule has 0 amide bonds. The summed E-state index contributed by atoms with van der Waals surface area (Å²) in [6.07, 6.45) is 3.22. The first-order chi connectivity index (χ1) is 18.7. The molecule has 4 rings (SSSR count). The van der Waals surface area contributed by atoms with Gasteiger partial charge in [-0.1, -0.05) is 30.9 Å². The third-order valence-electron chi connectivity index (χ3n) is 6.81. The van der Waals surface area contributed by atoms with E-state index in [-0.39, 0.29) is 35.8 Å². The topological polar surface area (TPSA) is 92.2 Å². The van der Waals surface area contributed by atoms with Crippen molar-refractivity contribution in [2.75, 3.05) is 33.9 Å². The number of aliphatic hydroxyl groups is 1. The number of rotatable bonds is 7. The summed E-state index contributed by atoms with van der Waals surface area (Å²) in [4.78, 5) is 6.30. The summed E-state index contributed by atoms with van der Waals surface area (Å²) in [7, 11) is -0.318. The Bertz CT molecular complexity index is 1440. The lowest BCUT2D eigenvalue weighted by Crippen LogP contribution is -2.49. The number of sulfonamides is 1. The van der Waals surface area contributed by atoms with E-state index in [1.165, 1.54) is 4.31 Å². The van der Waals surface area contributed by atoms with Gasteiger partial charge in [0.1, 0.15) is 22.5 Å². The van der Waals surface area contributed by atoms with Gasteiger partial charge >= 0.3 is 0 Å². The van der Waals surface area contributed by atoms with Crippen molar-refractivity contribution in [2.45, 2.75) is 37.4 Å². The van der Waals surface area contributed by atoms with E-state index in [1.807, 2.05) is 50.4 Å². The number of aliphatic hydroxyl groups excluding tert-OH is 1. The highest BCUT2D eigenvalue weighted by atomic mass is 32.2. The fourth-order valence-electron chi connectivity index (χ4n) is 4.58. The third-order valence-corrected chi connectivity index (χ3v) is 8.83. The van der Waals surface area contributed by atoms with Gasteiger partial charge in [-0.2, -0.15) is 4.31 Å². The molecule has 0 aliphatic carbocycles. The van der Waals surface area contributed by atoms with Crippen molar-refractivity contribution in [3.05, 3.63) is 83.7 Å². The van der Waals surface area contributed by atoms with Gasteiger partial charge in [0.05, 0.1) is 19.3 Å². The Kier molecular flexibility index (Phi) is 9.25. The Morgan fingerprint density at radius 3 is 2.64 bits per heavy atom. The number of para-hydroxylation sites is 1. The van der Waals surface area contributed by atoms with Crippen LogP contribution in [0.15, 0.2) is 71.9 Å². The predicted molar refractivity (Wildman–Crippen MR) is 150 cm³/mol. The number of hydrogen-bond donors (Lipinski definition) is 1. The van der Waals surface area contributed by atoms with E-state index in [4.69, 9.17) is 9.47 Å². The fourth-order valence-corrected chi connectivity index (χ4v) is 6.41. The normalized spacial score (nSPS) is 19.5. The Labute approximate surface area is 231 Å². The maximum atomic E-state index is 13.7. The van der Waals surface area contributed by atoms with Crippen molar-refractivity contribution in [1.29, 1.82) is 0 Å². The second kappa shape index (κ2) is 12.6. The molecule has 1 N–H and O–H groups in total. The van der Waals surface area contributed by atoms with Crippen LogP contribution in [-0.2, 0) is 16.6 Å². The first-order valence-electron chi connectivity index (χ1n) is 12.9. The number of ether oxygens (including phenoxy) is 2. The van der Waals surface area contributed by atoms with Crippen molar-refractivity contribution in [1.82, 2.24) is 14.2 Å². The van der Waals surface area contributed by atoms with Crippen molar-refractivity contribution in [3.63, 3.8) is 0 Å². The summed E-state index contributed by atoms with van der Waals surface area (Å²) in [5.41, 5.74) is 2.47. The number of hydrogen-bond acceptors (Lipinski definition) is 7. The van der Waals surface area contributed by atoms with E-state index >= 15 is 0 Å². The van der Waals surface area contributed by atoms with Crippen LogP contribution < -0.4 is 9.47 Å². The highest BCUT2D eigenvalue weighted by molar-refractivity contribution is 7.89. The van der Waals surface area contributed by atoms with E-state index < -0.39 is 16.1 Å². The van der Waals surface area contributed by atoms with Gasteiger partial charge in [-0.3, -0.25) is 9.88 Å². The molecule has 3 aromatic rings. The van der Waals surface area contributed by atoms with Crippen LogP contribution in [0.2, 0.25) is 0 Å². The smallest absolute Gasteiger partial charge is 0.247 e. The lowest BCUT2D eigenvalue weighted by Gasteiger charge is -2.37. The maximum Gasteiger partial charge on any atom is 0.247 e. The number of aromatic nitrogens is 1. The molecule has 0 unspecified atom stereocenters. The molecular weight excluding hydrogens is 514 g/mol. The van der Waals surface area contributed by atoms with Gasteiger partial charge in [0.25, 0.3) is 0 Å². The molecule has 9 heteroatoms. The number of fused-ring (bicyclic) bond motifs is 1. The predicted octanol–water partition coefficient (Wildman–Crippen LogP) is 3.39. The molecule has 206 valence electrons. The Hall–Kier alpha value is -3.42. The lowest BCUT2D eigenvalue weighted by atomic mass is 10.0. The van der Waals surface area contributed by atoms with Crippen LogP contribution >= 0.6 is 0 Å². The van der Waals surface area contributed by atoms with E-state index in [9.17, 15) is 13.5 Å². The second-order valence-corrected chi connectivity index (χ2v) is 11.8. The quantitative estimate of drug-likeness (QED) is 0.452. The number of methoxy groups -OCH3 is 1. The molecule has 0 fully saturated rings. The first kappa shape index (κ1) is 28.6. The highest BCUT2D eigenvalue weighted by Gasteiger charge is 2.38. The molecule has 39 heavy (non-hydrogen) atoms. The molecule has 0 spiro atoms. The fraction of sp³-hybridized carbons (Fsp3) is 0.367. The van der Waals surface area contributed by atoms with Crippen LogP contribution in [0.3, 0.4) is 0 Å². The summed E-state index contributed by atoms with van der Waals surface area (Å²) in [5, 5.41) is 9.88. The highest BCUT2D eigenvalue weighted by Crippen LogP contribution is 2.34. The van der Waals surface area contributed by atoms with E-state index in [0.717, 1.165) is 11.1 Å². The van der Waals surface area contributed by atoms with Crippen LogP contribution in [0.4, 0.5) is 0 Å². The zero-order valence-corrected chi connectivity index (χ0v) is 23.6. The Morgan fingerprint density at radius 2 is 1.92 bits per heavy atom. The van der Waals surface area contributed by atoms with Crippen LogP contribution in [0.1, 0.15) is 30.5 Å². The van der Waals surface area contributed by atoms with Gasteiger partial charge in [-0.25, -0.2) is 8.42 Å². The standard InChI is InChI=1S/C30H35N3O5S/c1-22-18-33(23(2)21-34)39(35,36)30-12-10-24(9-11-26-7-5-6-8-27(26)37-4)17-28(30)38-29(22)20-32(3)19-25-13-15-31-16-14-25/h5-8,10,12-17,22-23,29,34H,18-21H2,1-4H3/t22-,23+,29-/m0/s1. The molecule has 1 aromatic heterocycles. The van der Waals surface area contributed by atoms with Crippen LogP contribution in [0.5, 0.6) is 11.5 Å². The van der Waals surface area contributed by atoms with Gasteiger partial charge in [-0.05, 0) is 62.0 Å². The molecule has 0 radical (unpaired) electrons. The number of pyridine rings is 1. The second-order valence-electron chi connectivity index (χ2n) is 9.90. The zero-order chi connectivity index (χ0) is 28.0. The molecule has 8 nitrogen and oxygen atoms in total. The van der Waals surface area contributed by atoms with Crippen LogP contribution in [-0.4, -0.2) is 73.7 Å². The minimum absolute atomic E-state index is 0.0688. The van der Waals surface area contributed by atoms with Crippen LogP contribution in [0.25, 0.3) is 0 Å². The van der Waals surface area contributed by atoms with Crippen molar-refractivity contribution >= 4 is 10.0 Å². The van der Waals surface area contributed by atoms with Crippen molar-refractivity contribution < 1.29 is 23.0 Å².